The Morgan fingerprint density at radius 1 is 0.950 bits per heavy atom. The molecule has 0 radical (unpaired) electrons. The van der Waals surface area contributed by atoms with E-state index in [9.17, 15) is 19.2 Å². The van der Waals surface area contributed by atoms with Crippen LogP contribution in [0.1, 0.15) is 32.1 Å². The molecule has 3 atom stereocenters. The molecule has 6 rings (SSSR count). The summed E-state index contributed by atoms with van der Waals surface area (Å²) in [5.41, 5.74) is 1.74. The van der Waals surface area contributed by atoms with Crippen molar-refractivity contribution in [3.63, 3.8) is 0 Å². The lowest BCUT2D eigenvalue weighted by molar-refractivity contribution is -0.138. The van der Waals surface area contributed by atoms with Gasteiger partial charge < -0.3 is 15.1 Å². The smallest absolute Gasteiger partial charge is 0.273 e. The van der Waals surface area contributed by atoms with Crippen LogP contribution in [-0.4, -0.2) is 69.5 Å². The minimum absolute atomic E-state index is 0.0624. The third-order valence-electron chi connectivity index (χ3n) is 7.39. The fourth-order valence-corrected chi connectivity index (χ4v) is 6.96. The van der Waals surface area contributed by atoms with Crippen molar-refractivity contribution >= 4 is 46.2 Å². The van der Waals surface area contributed by atoms with Crippen LogP contribution in [0.3, 0.4) is 0 Å². The number of Topliss-reactive ketones (excluding diaryl/α,β-unsaturated/α-hetero) is 1. The molecule has 2 aliphatic rings. The zero-order valence-corrected chi connectivity index (χ0v) is 23.1. The Balaban J connectivity index is 1.20. The van der Waals surface area contributed by atoms with Crippen molar-refractivity contribution in [2.45, 2.75) is 31.0 Å². The zero-order valence-electron chi connectivity index (χ0n) is 21.4. The number of fused-ring (bicyclic) bond motifs is 1. The first-order chi connectivity index (χ1) is 19.5. The van der Waals surface area contributed by atoms with Gasteiger partial charge in [0.15, 0.2) is 5.78 Å². The van der Waals surface area contributed by atoms with Crippen LogP contribution in [0.15, 0.2) is 83.7 Å². The maximum Gasteiger partial charge on any atom is 0.273 e. The lowest BCUT2D eigenvalue weighted by Crippen LogP contribution is -2.53. The molecule has 2 saturated heterocycles. The van der Waals surface area contributed by atoms with Gasteiger partial charge in [0.1, 0.15) is 17.8 Å². The topological polar surface area (TPSA) is 99.7 Å². The van der Waals surface area contributed by atoms with Crippen LogP contribution in [0.5, 0.6) is 0 Å². The molecule has 10 heteroatoms. The van der Waals surface area contributed by atoms with Crippen LogP contribution >= 0.6 is 22.7 Å². The molecule has 3 amide bonds. The number of pyridine rings is 1. The number of hydrogen-bond acceptors (Lipinski definition) is 7. The third kappa shape index (κ3) is 5.07. The number of benzene rings is 1. The molecule has 4 aromatic rings. The molecule has 40 heavy (non-hydrogen) atoms. The first kappa shape index (κ1) is 26.1. The van der Waals surface area contributed by atoms with E-state index in [1.807, 2.05) is 47.2 Å². The molecule has 0 bridgehead atoms. The summed E-state index contributed by atoms with van der Waals surface area (Å²) in [6, 6.07) is 18.2. The lowest BCUT2D eigenvalue weighted by Gasteiger charge is -2.28. The van der Waals surface area contributed by atoms with E-state index in [0.29, 0.717) is 24.9 Å². The van der Waals surface area contributed by atoms with Crippen molar-refractivity contribution in [3.05, 3.63) is 99.8 Å². The van der Waals surface area contributed by atoms with Gasteiger partial charge in [0.05, 0.1) is 12.6 Å². The molecule has 0 aliphatic carbocycles. The van der Waals surface area contributed by atoms with Crippen LogP contribution in [0.2, 0.25) is 0 Å². The highest BCUT2D eigenvalue weighted by Gasteiger charge is 2.52. The Kier molecular flexibility index (Phi) is 7.27. The molecule has 3 aromatic heterocycles. The number of thiophene rings is 2. The molecular weight excluding hydrogens is 544 g/mol. The minimum atomic E-state index is -0.852. The highest BCUT2D eigenvalue weighted by atomic mass is 32.1. The molecule has 202 valence electrons. The van der Waals surface area contributed by atoms with E-state index in [2.05, 4.69) is 10.3 Å². The van der Waals surface area contributed by atoms with E-state index in [1.54, 1.807) is 52.8 Å². The minimum Gasteiger partial charge on any atom is -0.340 e. The molecule has 8 nitrogen and oxygen atoms in total. The lowest BCUT2D eigenvalue weighted by atomic mass is 10.1. The molecule has 2 fully saturated rings. The number of rotatable bonds is 7. The summed E-state index contributed by atoms with van der Waals surface area (Å²) < 4.78 is 0. The number of likely N-dealkylation sites (tertiary alicyclic amines) is 2. The van der Waals surface area contributed by atoms with Gasteiger partial charge in [-0.2, -0.15) is 0 Å². The number of ketones is 1. The third-order valence-corrected chi connectivity index (χ3v) is 9.21. The van der Waals surface area contributed by atoms with Gasteiger partial charge in [-0.15, -0.1) is 22.7 Å². The summed E-state index contributed by atoms with van der Waals surface area (Å²) in [6.07, 6.45) is 2.35. The first-order valence-corrected chi connectivity index (χ1v) is 14.8. The van der Waals surface area contributed by atoms with Gasteiger partial charge in [-0.3, -0.25) is 24.2 Å². The Hall–Kier alpha value is -4.15. The van der Waals surface area contributed by atoms with E-state index >= 15 is 0 Å². The van der Waals surface area contributed by atoms with Crippen molar-refractivity contribution in [3.8, 4) is 10.4 Å². The van der Waals surface area contributed by atoms with Gasteiger partial charge in [0.2, 0.25) is 5.91 Å². The molecule has 0 spiro atoms. The predicted octanol–water partition coefficient (Wildman–Crippen LogP) is 3.91. The monoisotopic (exact) mass is 570 g/mol. The maximum absolute atomic E-state index is 13.9. The zero-order chi connectivity index (χ0) is 27.6. The van der Waals surface area contributed by atoms with E-state index in [0.717, 1.165) is 15.3 Å². The van der Waals surface area contributed by atoms with Crippen molar-refractivity contribution < 1.29 is 19.2 Å². The quantitative estimate of drug-likeness (QED) is 0.363. The normalized spacial score (nSPS) is 18.9. The van der Waals surface area contributed by atoms with E-state index in [4.69, 9.17) is 0 Å². The Labute approximate surface area is 239 Å². The predicted molar refractivity (Wildman–Crippen MR) is 153 cm³/mol. The summed E-state index contributed by atoms with van der Waals surface area (Å²) in [5.74, 6) is -1.16. The fourth-order valence-electron chi connectivity index (χ4n) is 5.48. The average Bonchev–Trinajstić information content (AvgIpc) is 3.80. The summed E-state index contributed by atoms with van der Waals surface area (Å²) in [4.78, 5) is 62.8. The number of amides is 3. The fraction of sp³-hybridized carbons (Fsp3) is 0.233. The SMILES string of the molecule is O=C(NC(Cc1cccs1)C(=O)N1CCC2C1C(=O)CN2C(=O)c1ccccn1)c1ccc(-c2cccs2)cc1. The van der Waals surface area contributed by atoms with Crippen LogP contribution in [-0.2, 0) is 16.0 Å². The molecule has 1 N–H and O–H groups in total. The van der Waals surface area contributed by atoms with Crippen LogP contribution < -0.4 is 5.32 Å². The molecule has 5 heterocycles. The van der Waals surface area contributed by atoms with E-state index < -0.39 is 18.1 Å². The van der Waals surface area contributed by atoms with Crippen LogP contribution in [0.25, 0.3) is 10.4 Å². The van der Waals surface area contributed by atoms with Crippen LogP contribution in [0.4, 0.5) is 0 Å². The number of carbonyl (C=O) groups is 4. The van der Waals surface area contributed by atoms with Gasteiger partial charge >= 0.3 is 0 Å². The van der Waals surface area contributed by atoms with Gasteiger partial charge in [-0.1, -0.05) is 30.3 Å². The second-order valence-corrected chi connectivity index (χ2v) is 11.8. The summed E-state index contributed by atoms with van der Waals surface area (Å²) >= 11 is 3.13. The van der Waals surface area contributed by atoms with Gasteiger partial charge in [0, 0.05) is 34.5 Å². The van der Waals surface area contributed by atoms with Crippen molar-refractivity contribution in [2.75, 3.05) is 13.1 Å². The highest BCUT2D eigenvalue weighted by molar-refractivity contribution is 7.13. The number of nitrogens with zero attached hydrogens (tertiary/aromatic N) is 3. The van der Waals surface area contributed by atoms with Gasteiger partial charge in [-0.05, 0) is 59.1 Å². The first-order valence-electron chi connectivity index (χ1n) is 13.0. The Morgan fingerprint density at radius 2 is 1.75 bits per heavy atom. The maximum atomic E-state index is 13.9. The van der Waals surface area contributed by atoms with Crippen molar-refractivity contribution in [1.29, 1.82) is 0 Å². The molecule has 0 saturated carbocycles. The molecular formula is C30H26N4O4S2. The average molecular weight is 571 g/mol. The summed E-state index contributed by atoms with van der Waals surface area (Å²) in [6.45, 7) is 0.269. The summed E-state index contributed by atoms with van der Waals surface area (Å²) in [5, 5.41) is 6.86. The number of nitrogens with one attached hydrogen (secondary N) is 1. The molecule has 1 aromatic carbocycles. The van der Waals surface area contributed by atoms with Gasteiger partial charge in [-0.25, -0.2) is 0 Å². The second kappa shape index (κ2) is 11.1. The number of aromatic nitrogens is 1. The molecule has 3 unspecified atom stereocenters. The number of hydrogen-bond donors (Lipinski definition) is 1. The largest absolute Gasteiger partial charge is 0.340 e. The Morgan fingerprint density at radius 3 is 2.45 bits per heavy atom. The van der Waals surface area contributed by atoms with Crippen molar-refractivity contribution in [1.82, 2.24) is 20.1 Å². The van der Waals surface area contributed by atoms with E-state index in [1.165, 1.54) is 16.2 Å². The highest BCUT2D eigenvalue weighted by Crippen LogP contribution is 2.32. The standard InChI is InChI=1S/C30H26N4O4S2/c35-25-18-34(29(37)22-6-1-2-13-31-22)24-12-14-33(27(24)25)30(38)23(17-21-5-3-15-39-21)32-28(36)20-10-8-19(9-11-20)26-7-4-16-40-26/h1-11,13,15-16,23-24,27H,12,14,17-18H2,(H,32,36). The molecule has 2 aliphatic heterocycles. The summed E-state index contributed by atoms with van der Waals surface area (Å²) in [7, 11) is 0. The second-order valence-electron chi connectivity index (χ2n) is 9.81. The Bertz CT molecular complexity index is 1520. The van der Waals surface area contributed by atoms with E-state index in [-0.39, 0.29) is 35.7 Å². The van der Waals surface area contributed by atoms with Crippen LogP contribution in [0, 0.1) is 0 Å². The van der Waals surface area contributed by atoms with Crippen molar-refractivity contribution in [2.24, 2.45) is 0 Å². The number of carbonyl (C=O) groups excluding carboxylic acids is 4. The van der Waals surface area contributed by atoms with Gasteiger partial charge in [0.25, 0.3) is 11.8 Å².